The fourth-order valence-corrected chi connectivity index (χ4v) is 4.15. The van der Waals surface area contributed by atoms with Crippen LogP contribution in [-0.2, 0) is 4.43 Å². The molecule has 1 aliphatic carbocycles. The lowest BCUT2D eigenvalue weighted by Crippen LogP contribution is -2.40. The summed E-state index contributed by atoms with van der Waals surface area (Å²) in [7, 11) is -1.72. The summed E-state index contributed by atoms with van der Waals surface area (Å²) in [5, 5.41) is 10.9. The molecule has 1 N–H and O–H groups in total. The molecule has 0 aromatic carbocycles. The summed E-state index contributed by atoms with van der Waals surface area (Å²) in [6, 6.07) is 0. The molecule has 3 heteroatoms. The molecule has 0 aliphatic heterocycles. The molecule has 0 bridgehead atoms. The van der Waals surface area contributed by atoms with Crippen molar-refractivity contribution in [3.8, 4) is 0 Å². The van der Waals surface area contributed by atoms with Crippen LogP contribution in [0.4, 0.5) is 0 Å². The Morgan fingerprint density at radius 1 is 1.33 bits per heavy atom. The summed E-state index contributed by atoms with van der Waals surface area (Å²) in [4.78, 5) is 0. The van der Waals surface area contributed by atoms with E-state index in [1.54, 1.807) is 0 Å². The Balaban J connectivity index is 2.69. The number of rotatable bonds is 6. The van der Waals surface area contributed by atoms with Gasteiger partial charge in [0.15, 0.2) is 8.32 Å². The van der Waals surface area contributed by atoms with Crippen molar-refractivity contribution in [3.05, 3.63) is 22.8 Å². The van der Waals surface area contributed by atoms with Crippen molar-refractivity contribution in [3.63, 3.8) is 0 Å². The smallest absolute Gasteiger partial charge is 0.192 e. The molecule has 0 saturated carbocycles. The van der Waals surface area contributed by atoms with Crippen molar-refractivity contribution >= 4 is 8.32 Å². The number of hydrogen-bond donors (Lipinski definition) is 1. The summed E-state index contributed by atoms with van der Waals surface area (Å²) in [5.41, 5.74) is 4.20. The Labute approximate surface area is 151 Å². The van der Waals surface area contributed by atoms with Gasteiger partial charge < -0.3 is 9.53 Å². The SMILES string of the molecule is CC1=C(C[C@H](O)/C(C)=C\CO[Si](C)(C)C(C)(C)C)C(C)(C)CCC1. The van der Waals surface area contributed by atoms with Gasteiger partial charge in [0, 0.05) is 0 Å². The van der Waals surface area contributed by atoms with E-state index in [2.05, 4.69) is 60.7 Å². The zero-order valence-electron chi connectivity index (χ0n) is 17.5. The van der Waals surface area contributed by atoms with E-state index >= 15 is 0 Å². The third-order valence-corrected chi connectivity index (χ3v) is 10.8. The van der Waals surface area contributed by atoms with Gasteiger partial charge in [-0.3, -0.25) is 0 Å². The van der Waals surface area contributed by atoms with Crippen molar-refractivity contribution in [1.82, 2.24) is 0 Å². The minimum Gasteiger partial charge on any atom is -0.413 e. The molecule has 0 unspecified atom stereocenters. The zero-order chi connectivity index (χ0) is 18.8. The molecule has 1 rings (SSSR count). The van der Waals surface area contributed by atoms with E-state index in [-0.39, 0.29) is 10.5 Å². The van der Waals surface area contributed by atoms with Crippen molar-refractivity contribution in [1.29, 1.82) is 0 Å². The van der Waals surface area contributed by atoms with E-state index in [0.29, 0.717) is 6.61 Å². The maximum atomic E-state index is 10.7. The predicted octanol–water partition coefficient (Wildman–Crippen LogP) is 6.23. The lowest BCUT2D eigenvalue weighted by molar-refractivity contribution is 0.195. The topological polar surface area (TPSA) is 29.5 Å². The van der Waals surface area contributed by atoms with Crippen LogP contribution in [-0.4, -0.2) is 26.1 Å². The van der Waals surface area contributed by atoms with Crippen LogP contribution in [0.25, 0.3) is 0 Å². The van der Waals surface area contributed by atoms with E-state index < -0.39 is 14.4 Å². The molecule has 0 amide bonds. The monoisotopic (exact) mass is 352 g/mol. The molecule has 2 nitrogen and oxygen atoms in total. The van der Waals surface area contributed by atoms with Gasteiger partial charge in [-0.15, -0.1) is 0 Å². The first-order valence-electron chi connectivity index (χ1n) is 9.46. The molecule has 0 radical (unpaired) electrons. The van der Waals surface area contributed by atoms with Crippen molar-refractivity contribution in [2.24, 2.45) is 5.41 Å². The van der Waals surface area contributed by atoms with Crippen LogP contribution >= 0.6 is 0 Å². The largest absolute Gasteiger partial charge is 0.413 e. The molecule has 24 heavy (non-hydrogen) atoms. The Kier molecular flexibility index (Phi) is 7.11. The molecular formula is C21H40O2Si. The predicted molar refractivity (Wildman–Crippen MR) is 108 cm³/mol. The van der Waals surface area contributed by atoms with Crippen molar-refractivity contribution < 1.29 is 9.53 Å². The molecule has 0 heterocycles. The summed E-state index contributed by atoms with van der Waals surface area (Å²) >= 11 is 0. The van der Waals surface area contributed by atoms with Crippen LogP contribution in [0.15, 0.2) is 22.8 Å². The van der Waals surface area contributed by atoms with Crippen molar-refractivity contribution in [2.45, 2.75) is 98.4 Å². The van der Waals surface area contributed by atoms with E-state index in [1.165, 1.54) is 30.4 Å². The lowest BCUT2D eigenvalue weighted by Gasteiger charge is -2.36. The lowest BCUT2D eigenvalue weighted by atomic mass is 9.70. The highest BCUT2D eigenvalue weighted by Crippen LogP contribution is 2.42. The van der Waals surface area contributed by atoms with E-state index in [9.17, 15) is 5.11 Å². The van der Waals surface area contributed by atoms with Crippen molar-refractivity contribution in [2.75, 3.05) is 6.61 Å². The van der Waals surface area contributed by atoms with Crippen LogP contribution < -0.4 is 0 Å². The third-order valence-electron chi connectivity index (χ3n) is 6.26. The molecule has 0 saturated heterocycles. The van der Waals surface area contributed by atoms with Gasteiger partial charge in [0.2, 0.25) is 0 Å². The molecule has 1 atom stereocenters. The fraction of sp³-hybridized carbons (Fsp3) is 0.810. The second-order valence-corrected chi connectivity index (χ2v) is 14.5. The van der Waals surface area contributed by atoms with Gasteiger partial charge in [-0.1, -0.05) is 51.8 Å². The van der Waals surface area contributed by atoms with Crippen LogP contribution in [0.5, 0.6) is 0 Å². The highest BCUT2D eigenvalue weighted by Gasteiger charge is 2.36. The number of aliphatic hydroxyl groups excluding tert-OH is 1. The number of allylic oxidation sites excluding steroid dienone is 1. The highest BCUT2D eigenvalue weighted by atomic mass is 28.4. The standard InChI is InChI=1S/C21H40O2Si/c1-16-11-10-13-21(6,7)18(16)15-19(22)17(2)12-14-23-24(8,9)20(3,4)5/h12,19,22H,10-11,13-15H2,1-9H3/b17-12-/t19-/m0/s1. The molecule has 1 aliphatic rings. The first kappa shape index (κ1) is 21.7. The Hall–Kier alpha value is -0.383. The fourth-order valence-electron chi connectivity index (χ4n) is 3.21. The van der Waals surface area contributed by atoms with Gasteiger partial charge in [-0.05, 0) is 68.7 Å². The Morgan fingerprint density at radius 2 is 1.92 bits per heavy atom. The Bertz CT molecular complexity index is 492. The Morgan fingerprint density at radius 3 is 2.42 bits per heavy atom. The normalized spacial score (nSPS) is 21.2. The molecule has 140 valence electrons. The second kappa shape index (κ2) is 7.88. The summed E-state index contributed by atoms with van der Waals surface area (Å²) < 4.78 is 6.21. The van der Waals surface area contributed by atoms with E-state index in [4.69, 9.17) is 4.43 Å². The molecule has 0 spiro atoms. The molecular weight excluding hydrogens is 312 g/mol. The van der Waals surface area contributed by atoms with Gasteiger partial charge in [0.25, 0.3) is 0 Å². The minimum atomic E-state index is -1.72. The maximum absolute atomic E-state index is 10.7. The van der Waals surface area contributed by atoms with Crippen LogP contribution in [0, 0.1) is 5.41 Å². The van der Waals surface area contributed by atoms with E-state index in [1.807, 2.05) is 6.92 Å². The zero-order valence-corrected chi connectivity index (χ0v) is 18.5. The second-order valence-electron chi connectivity index (χ2n) is 9.74. The quantitative estimate of drug-likeness (QED) is 0.453. The number of hydrogen-bond acceptors (Lipinski definition) is 2. The highest BCUT2D eigenvalue weighted by molar-refractivity contribution is 6.74. The van der Waals surface area contributed by atoms with Crippen LogP contribution in [0.1, 0.15) is 74.1 Å². The summed E-state index contributed by atoms with van der Waals surface area (Å²) in [5.74, 6) is 0. The van der Waals surface area contributed by atoms with Gasteiger partial charge in [0.1, 0.15) is 0 Å². The molecule has 0 aromatic rings. The summed E-state index contributed by atoms with van der Waals surface area (Å²) in [6.45, 7) is 20.8. The van der Waals surface area contributed by atoms with Gasteiger partial charge in [-0.25, -0.2) is 0 Å². The maximum Gasteiger partial charge on any atom is 0.192 e. The first-order valence-corrected chi connectivity index (χ1v) is 12.4. The van der Waals surface area contributed by atoms with E-state index in [0.717, 1.165) is 12.0 Å². The van der Waals surface area contributed by atoms with Gasteiger partial charge >= 0.3 is 0 Å². The number of aliphatic hydroxyl groups is 1. The van der Waals surface area contributed by atoms with Crippen LogP contribution in [0.2, 0.25) is 18.1 Å². The average molecular weight is 353 g/mol. The third kappa shape index (κ3) is 5.57. The van der Waals surface area contributed by atoms with Gasteiger partial charge in [-0.2, -0.15) is 0 Å². The molecule has 0 fully saturated rings. The molecule has 0 aromatic heterocycles. The average Bonchev–Trinajstić information content (AvgIpc) is 2.40. The van der Waals surface area contributed by atoms with Gasteiger partial charge in [0.05, 0.1) is 12.7 Å². The summed E-state index contributed by atoms with van der Waals surface area (Å²) in [6.07, 6.45) is 6.13. The minimum absolute atomic E-state index is 0.223. The first-order chi connectivity index (χ1) is 10.8. The van der Waals surface area contributed by atoms with Crippen LogP contribution in [0.3, 0.4) is 0 Å².